The van der Waals surface area contributed by atoms with Gasteiger partial charge in [0.05, 0.1) is 11.4 Å². The highest BCUT2D eigenvalue weighted by Gasteiger charge is 2.23. The van der Waals surface area contributed by atoms with Gasteiger partial charge in [0.1, 0.15) is 6.54 Å². The average Bonchev–Trinajstić information content (AvgIpc) is 3.29. The molecule has 0 aliphatic carbocycles. The number of piperazine rings is 1. The van der Waals surface area contributed by atoms with E-state index in [1.807, 2.05) is 64.2 Å². The molecule has 1 fully saturated rings. The molecule has 0 spiro atoms. The van der Waals surface area contributed by atoms with E-state index >= 15 is 0 Å². The van der Waals surface area contributed by atoms with Crippen molar-refractivity contribution in [1.82, 2.24) is 14.7 Å². The molecule has 5 nitrogen and oxygen atoms in total. The van der Waals surface area contributed by atoms with Crippen molar-refractivity contribution in [2.45, 2.75) is 6.54 Å². The number of benzene rings is 3. The van der Waals surface area contributed by atoms with Gasteiger partial charge in [-0.15, -0.1) is 0 Å². The van der Waals surface area contributed by atoms with Crippen molar-refractivity contribution in [3.8, 4) is 22.5 Å². The lowest BCUT2D eigenvalue weighted by atomic mass is 10.1. The van der Waals surface area contributed by atoms with E-state index in [0.29, 0.717) is 0 Å². The number of rotatable bonds is 5. The van der Waals surface area contributed by atoms with Crippen molar-refractivity contribution in [3.63, 3.8) is 0 Å². The summed E-state index contributed by atoms with van der Waals surface area (Å²) >= 11 is 0. The number of hydrogen-bond acceptors (Lipinski definition) is 3. The number of carbonyl (C=O) groups is 1. The van der Waals surface area contributed by atoms with E-state index in [2.05, 4.69) is 47.4 Å². The molecule has 1 saturated heterocycles. The zero-order chi connectivity index (χ0) is 21.8. The Kier molecular flexibility index (Phi) is 5.71. The first-order valence-electron chi connectivity index (χ1n) is 11.0. The van der Waals surface area contributed by atoms with Crippen LogP contribution in [0.5, 0.6) is 0 Å². The van der Waals surface area contributed by atoms with Crippen molar-refractivity contribution in [1.29, 1.82) is 0 Å². The molecule has 0 bridgehead atoms. The molecule has 3 aromatic carbocycles. The van der Waals surface area contributed by atoms with E-state index in [0.717, 1.165) is 48.7 Å². The van der Waals surface area contributed by atoms with E-state index in [-0.39, 0.29) is 12.5 Å². The van der Waals surface area contributed by atoms with Gasteiger partial charge >= 0.3 is 0 Å². The average molecular weight is 423 g/mol. The monoisotopic (exact) mass is 422 g/mol. The van der Waals surface area contributed by atoms with Crippen molar-refractivity contribution in [2.75, 3.05) is 31.1 Å². The predicted molar refractivity (Wildman–Crippen MR) is 128 cm³/mol. The van der Waals surface area contributed by atoms with Crippen molar-refractivity contribution >= 4 is 11.6 Å². The SMILES string of the molecule is O=C(Cn1nc(-c2ccccc2)cc1-c1ccccc1)N1CCN(c2ccccc2)CC1. The molecule has 0 N–H and O–H groups in total. The number of amides is 1. The van der Waals surface area contributed by atoms with E-state index < -0.39 is 0 Å². The Morgan fingerprint density at radius 3 is 1.91 bits per heavy atom. The number of aromatic nitrogens is 2. The van der Waals surface area contributed by atoms with Crippen molar-refractivity contribution in [2.24, 2.45) is 0 Å². The molecule has 1 amide bonds. The van der Waals surface area contributed by atoms with Crippen LogP contribution in [0.2, 0.25) is 0 Å². The summed E-state index contributed by atoms with van der Waals surface area (Å²) in [5, 5.41) is 4.81. The van der Waals surface area contributed by atoms with Crippen LogP contribution in [0.25, 0.3) is 22.5 Å². The second-order valence-electron chi connectivity index (χ2n) is 8.01. The highest BCUT2D eigenvalue weighted by Crippen LogP contribution is 2.26. The molecule has 5 rings (SSSR count). The molecule has 1 aliphatic rings. The molecule has 0 radical (unpaired) electrons. The molecule has 32 heavy (non-hydrogen) atoms. The molecule has 4 aromatic rings. The van der Waals surface area contributed by atoms with Gasteiger partial charge in [-0.1, -0.05) is 78.9 Å². The Balaban J connectivity index is 1.34. The topological polar surface area (TPSA) is 41.4 Å². The molecule has 160 valence electrons. The summed E-state index contributed by atoms with van der Waals surface area (Å²) in [6, 6.07) is 32.7. The lowest BCUT2D eigenvalue weighted by Crippen LogP contribution is -2.49. The third kappa shape index (κ3) is 4.28. The maximum atomic E-state index is 13.2. The molecule has 1 aliphatic heterocycles. The van der Waals surface area contributed by atoms with Crippen LogP contribution in [0.4, 0.5) is 5.69 Å². The molecule has 5 heteroatoms. The number of hydrogen-bond donors (Lipinski definition) is 0. The fourth-order valence-corrected chi connectivity index (χ4v) is 4.21. The van der Waals surface area contributed by atoms with Crippen LogP contribution in [0, 0.1) is 0 Å². The molecule has 1 aromatic heterocycles. The fourth-order valence-electron chi connectivity index (χ4n) is 4.21. The third-order valence-electron chi connectivity index (χ3n) is 5.96. The van der Waals surface area contributed by atoms with Gasteiger partial charge in [0.2, 0.25) is 5.91 Å². The molecule has 0 saturated carbocycles. The summed E-state index contributed by atoms with van der Waals surface area (Å²) in [4.78, 5) is 17.5. The van der Waals surface area contributed by atoms with Gasteiger partial charge in [-0.2, -0.15) is 5.10 Å². The van der Waals surface area contributed by atoms with Crippen LogP contribution in [0.1, 0.15) is 0 Å². The minimum Gasteiger partial charge on any atom is -0.368 e. The molecule has 2 heterocycles. The van der Waals surface area contributed by atoms with Gasteiger partial charge in [0, 0.05) is 37.4 Å². The summed E-state index contributed by atoms with van der Waals surface area (Å²) in [6.45, 7) is 3.37. The normalized spacial score (nSPS) is 13.9. The highest BCUT2D eigenvalue weighted by molar-refractivity contribution is 5.78. The number of nitrogens with zero attached hydrogens (tertiary/aromatic N) is 4. The quantitative estimate of drug-likeness (QED) is 0.473. The summed E-state index contributed by atoms with van der Waals surface area (Å²) in [5.74, 6) is 0.109. The molecular weight excluding hydrogens is 396 g/mol. The van der Waals surface area contributed by atoms with E-state index in [4.69, 9.17) is 5.10 Å². The van der Waals surface area contributed by atoms with Gasteiger partial charge in [0.25, 0.3) is 0 Å². The van der Waals surface area contributed by atoms with Crippen LogP contribution < -0.4 is 4.90 Å². The minimum atomic E-state index is 0.109. The van der Waals surface area contributed by atoms with Gasteiger partial charge in [-0.25, -0.2) is 0 Å². The fraction of sp³-hybridized carbons (Fsp3) is 0.185. The highest BCUT2D eigenvalue weighted by atomic mass is 16.2. The van der Waals surface area contributed by atoms with Gasteiger partial charge in [0.15, 0.2) is 0 Å². The van der Waals surface area contributed by atoms with Crippen LogP contribution >= 0.6 is 0 Å². The van der Waals surface area contributed by atoms with Crippen molar-refractivity contribution < 1.29 is 4.79 Å². The second kappa shape index (κ2) is 9.10. The number of carbonyl (C=O) groups excluding carboxylic acids is 1. The smallest absolute Gasteiger partial charge is 0.244 e. The predicted octanol–water partition coefficient (Wildman–Crippen LogP) is 4.57. The van der Waals surface area contributed by atoms with Gasteiger partial charge < -0.3 is 9.80 Å². The van der Waals surface area contributed by atoms with E-state index in [1.165, 1.54) is 5.69 Å². The zero-order valence-electron chi connectivity index (χ0n) is 18.0. The Morgan fingerprint density at radius 1 is 0.719 bits per heavy atom. The van der Waals surface area contributed by atoms with Crippen LogP contribution in [-0.2, 0) is 11.3 Å². The lowest BCUT2D eigenvalue weighted by molar-refractivity contribution is -0.132. The van der Waals surface area contributed by atoms with Crippen LogP contribution in [0.15, 0.2) is 97.1 Å². The van der Waals surface area contributed by atoms with Crippen LogP contribution in [0.3, 0.4) is 0 Å². The summed E-state index contributed by atoms with van der Waals surface area (Å²) < 4.78 is 1.85. The Bertz CT molecular complexity index is 1160. The van der Waals surface area contributed by atoms with Crippen molar-refractivity contribution in [3.05, 3.63) is 97.1 Å². The zero-order valence-corrected chi connectivity index (χ0v) is 18.0. The Hall–Kier alpha value is -3.86. The lowest BCUT2D eigenvalue weighted by Gasteiger charge is -2.36. The second-order valence-corrected chi connectivity index (χ2v) is 8.01. The standard InChI is InChI=1S/C27H26N4O/c32-27(30-18-16-29(17-19-30)24-14-8-3-9-15-24)21-31-26(23-12-6-2-7-13-23)20-25(28-31)22-10-4-1-5-11-22/h1-15,20H,16-19,21H2. The molecule has 0 atom stereocenters. The van der Waals surface area contributed by atoms with E-state index in [9.17, 15) is 4.79 Å². The van der Waals surface area contributed by atoms with Gasteiger partial charge in [-0.3, -0.25) is 9.48 Å². The first kappa shape index (κ1) is 20.1. The third-order valence-corrected chi connectivity index (χ3v) is 5.96. The first-order chi connectivity index (χ1) is 15.8. The maximum absolute atomic E-state index is 13.2. The number of para-hydroxylation sites is 1. The Labute approximate surface area is 188 Å². The van der Waals surface area contributed by atoms with Gasteiger partial charge in [-0.05, 0) is 23.8 Å². The minimum absolute atomic E-state index is 0.109. The summed E-state index contributed by atoms with van der Waals surface area (Å²) in [6.07, 6.45) is 0. The number of anilines is 1. The molecule has 0 unspecified atom stereocenters. The summed E-state index contributed by atoms with van der Waals surface area (Å²) in [7, 11) is 0. The maximum Gasteiger partial charge on any atom is 0.244 e. The summed E-state index contributed by atoms with van der Waals surface area (Å²) in [5.41, 5.74) is 5.16. The van der Waals surface area contributed by atoms with E-state index in [1.54, 1.807) is 0 Å². The first-order valence-corrected chi connectivity index (χ1v) is 11.0. The molecular formula is C27H26N4O. The van der Waals surface area contributed by atoms with Crippen LogP contribution in [-0.4, -0.2) is 46.8 Å². The largest absolute Gasteiger partial charge is 0.368 e. The Morgan fingerprint density at radius 2 is 1.28 bits per heavy atom.